The Bertz CT molecular complexity index is 833. The third-order valence-electron chi connectivity index (χ3n) is 6.64. The second kappa shape index (κ2) is 10.9. The fourth-order valence-corrected chi connectivity index (χ4v) is 6.68. The lowest BCUT2D eigenvalue weighted by molar-refractivity contribution is 0.197. The molecule has 1 aliphatic carbocycles. The molecule has 0 spiro atoms. The Balaban J connectivity index is 1.81. The SMILES string of the molecule is CC(C)N(CCCC(C#N)(c1c(Br)cccc1Br)C1CCCC1)Cc1ccccc1. The Kier molecular flexibility index (Phi) is 8.57. The van der Waals surface area contributed by atoms with E-state index in [0.29, 0.717) is 12.0 Å². The van der Waals surface area contributed by atoms with Crippen LogP contribution in [0.3, 0.4) is 0 Å². The molecule has 160 valence electrons. The molecule has 3 rings (SSSR count). The molecule has 2 aromatic carbocycles. The zero-order valence-electron chi connectivity index (χ0n) is 18.1. The molecule has 1 atom stereocenters. The van der Waals surface area contributed by atoms with Crippen LogP contribution >= 0.6 is 31.9 Å². The second-order valence-corrected chi connectivity index (χ2v) is 10.5. The normalized spacial score (nSPS) is 16.7. The maximum atomic E-state index is 10.5. The van der Waals surface area contributed by atoms with Gasteiger partial charge in [0.25, 0.3) is 0 Å². The molecule has 0 bridgehead atoms. The number of benzene rings is 2. The van der Waals surface area contributed by atoms with Crippen LogP contribution in [0.25, 0.3) is 0 Å². The molecule has 2 aromatic rings. The maximum absolute atomic E-state index is 10.5. The number of hydrogen-bond donors (Lipinski definition) is 0. The van der Waals surface area contributed by atoms with Crippen LogP contribution in [0.2, 0.25) is 0 Å². The van der Waals surface area contributed by atoms with Crippen molar-refractivity contribution >= 4 is 31.9 Å². The van der Waals surface area contributed by atoms with Crippen molar-refractivity contribution in [3.8, 4) is 6.07 Å². The molecule has 1 saturated carbocycles. The van der Waals surface area contributed by atoms with Gasteiger partial charge in [0.1, 0.15) is 0 Å². The first kappa shape index (κ1) is 23.5. The van der Waals surface area contributed by atoms with E-state index in [1.807, 2.05) is 6.07 Å². The summed E-state index contributed by atoms with van der Waals surface area (Å²) >= 11 is 7.54. The topological polar surface area (TPSA) is 27.0 Å². The molecule has 0 radical (unpaired) electrons. The molecule has 30 heavy (non-hydrogen) atoms. The minimum absolute atomic E-state index is 0.430. The fraction of sp³-hybridized carbons (Fsp3) is 0.500. The van der Waals surface area contributed by atoms with Gasteiger partial charge in [0.15, 0.2) is 0 Å². The highest BCUT2D eigenvalue weighted by molar-refractivity contribution is 9.11. The minimum atomic E-state index is -0.440. The molecule has 1 fully saturated rings. The molecule has 0 aliphatic heterocycles. The maximum Gasteiger partial charge on any atom is 0.0872 e. The van der Waals surface area contributed by atoms with E-state index in [4.69, 9.17) is 0 Å². The average molecular weight is 532 g/mol. The van der Waals surface area contributed by atoms with Crippen molar-refractivity contribution in [3.05, 3.63) is 68.6 Å². The Morgan fingerprint density at radius 3 is 2.23 bits per heavy atom. The molecule has 0 aromatic heterocycles. The lowest BCUT2D eigenvalue weighted by atomic mass is 9.67. The molecule has 0 heterocycles. The monoisotopic (exact) mass is 530 g/mol. The summed E-state index contributed by atoms with van der Waals surface area (Å²) in [6, 6.07) is 20.2. The van der Waals surface area contributed by atoms with Crippen molar-refractivity contribution < 1.29 is 0 Å². The van der Waals surface area contributed by atoms with Crippen LogP contribution in [0.5, 0.6) is 0 Å². The Morgan fingerprint density at radius 2 is 1.67 bits per heavy atom. The van der Waals surface area contributed by atoms with E-state index in [9.17, 15) is 5.26 Å². The van der Waals surface area contributed by atoms with Gasteiger partial charge in [-0.05, 0) is 69.7 Å². The lowest BCUT2D eigenvalue weighted by Gasteiger charge is -2.36. The van der Waals surface area contributed by atoms with Crippen LogP contribution in [0, 0.1) is 17.2 Å². The van der Waals surface area contributed by atoms with E-state index in [1.54, 1.807) is 0 Å². The summed E-state index contributed by atoms with van der Waals surface area (Å²) in [6.07, 6.45) is 6.69. The zero-order valence-corrected chi connectivity index (χ0v) is 21.3. The van der Waals surface area contributed by atoms with Gasteiger partial charge >= 0.3 is 0 Å². The molecule has 4 heteroatoms. The van der Waals surface area contributed by atoms with Crippen LogP contribution in [0.1, 0.15) is 63.5 Å². The largest absolute Gasteiger partial charge is 0.297 e. The van der Waals surface area contributed by atoms with Gasteiger partial charge in [-0.2, -0.15) is 5.26 Å². The molecule has 0 amide bonds. The molecule has 1 aliphatic rings. The average Bonchev–Trinajstić information content (AvgIpc) is 3.27. The van der Waals surface area contributed by atoms with Crippen molar-refractivity contribution in [3.63, 3.8) is 0 Å². The Labute approximate surface area is 198 Å². The van der Waals surface area contributed by atoms with E-state index >= 15 is 0 Å². The van der Waals surface area contributed by atoms with Crippen LogP contribution in [0.4, 0.5) is 0 Å². The van der Waals surface area contributed by atoms with Gasteiger partial charge in [-0.25, -0.2) is 0 Å². The zero-order chi connectivity index (χ0) is 21.6. The highest BCUT2D eigenvalue weighted by Gasteiger charge is 2.44. The van der Waals surface area contributed by atoms with Gasteiger partial charge in [0.05, 0.1) is 11.5 Å². The van der Waals surface area contributed by atoms with Gasteiger partial charge in [-0.15, -0.1) is 0 Å². The summed E-state index contributed by atoms with van der Waals surface area (Å²) in [7, 11) is 0. The number of rotatable bonds is 9. The first-order valence-corrected chi connectivity index (χ1v) is 12.7. The first-order valence-electron chi connectivity index (χ1n) is 11.1. The summed E-state index contributed by atoms with van der Waals surface area (Å²) in [5.74, 6) is 0.430. The second-order valence-electron chi connectivity index (χ2n) is 8.81. The Hall–Kier alpha value is -1.15. The van der Waals surface area contributed by atoms with Crippen molar-refractivity contribution in [1.82, 2.24) is 4.90 Å². The van der Waals surface area contributed by atoms with Crippen molar-refractivity contribution in [2.24, 2.45) is 5.92 Å². The molecule has 0 N–H and O–H groups in total. The van der Waals surface area contributed by atoms with Crippen LogP contribution < -0.4 is 0 Å². The van der Waals surface area contributed by atoms with Gasteiger partial charge in [0, 0.05) is 27.1 Å². The minimum Gasteiger partial charge on any atom is -0.297 e. The summed E-state index contributed by atoms with van der Waals surface area (Å²) in [4.78, 5) is 2.53. The molecule has 0 saturated heterocycles. The number of hydrogen-bond acceptors (Lipinski definition) is 2. The molecular formula is C26H32Br2N2. The van der Waals surface area contributed by atoms with E-state index in [-0.39, 0.29) is 0 Å². The lowest BCUT2D eigenvalue weighted by Crippen LogP contribution is -2.36. The fourth-order valence-electron chi connectivity index (χ4n) is 4.98. The molecule has 2 nitrogen and oxygen atoms in total. The standard InChI is InChI=1S/C26H32Br2N2/c1-20(2)30(18-21-10-4-3-5-11-21)17-9-16-26(19-29,22-12-6-7-13-22)25-23(27)14-8-15-24(25)28/h3-5,8,10-11,14-15,20,22H,6-7,9,12-13,16-18H2,1-2H3. The van der Waals surface area contributed by atoms with E-state index in [1.165, 1.54) is 18.4 Å². The van der Waals surface area contributed by atoms with E-state index in [0.717, 1.165) is 53.3 Å². The van der Waals surface area contributed by atoms with Crippen molar-refractivity contribution in [2.75, 3.05) is 6.54 Å². The predicted molar refractivity (Wildman–Crippen MR) is 132 cm³/mol. The quantitative estimate of drug-likeness (QED) is 0.329. The van der Waals surface area contributed by atoms with Gasteiger partial charge in [0.2, 0.25) is 0 Å². The van der Waals surface area contributed by atoms with Gasteiger partial charge in [-0.3, -0.25) is 4.90 Å². The van der Waals surface area contributed by atoms with Crippen molar-refractivity contribution in [2.45, 2.75) is 70.4 Å². The van der Waals surface area contributed by atoms with Crippen LogP contribution in [0.15, 0.2) is 57.5 Å². The summed E-state index contributed by atoms with van der Waals surface area (Å²) in [5.41, 5.74) is 2.06. The smallest absolute Gasteiger partial charge is 0.0872 e. The highest BCUT2D eigenvalue weighted by atomic mass is 79.9. The van der Waals surface area contributed by atoms with Gasteiger partial charge < -0.3 is 0 Å². The first-order chi connectivity index (χ1) is 14.5. The number of nitrogens with zero attached hydrogens (tertiary/aromatic N) is 2. The molecular weight excluding hydrogens is 500 g/mol. The Morgan fingerprint density at radius 1 is 1.03 bits per heavy atom. The summed E-state index contributed by atoms with van der Waals surface area (Å²) in [5, 5.41) is 10.5. The summed E-state index contributed by atoms with van der Waals surface area (Å²) in [6.45, 7) is 6.49. The van der Waals surface area contributed by atoms with E-state index < -0.39 is 5.41 Å². The third kappa shape index (κ3) is 5.36. The number of halogens is 2. The van der Waals surface area contributed by atoms with Gasteiger partial charge in [-0.1, -0.05) is 81.1 Å². The van der Waals surface area contributed by atoms with Crippen LogP contribution in [-0.4, -0.2) is 17.5 Å². The van der Waals surface area contributed by atoms with Crippen molar-refractivity contribution in [1.29, 1.82) is 5.26 Å². The van der Waals surface area contributed by atoms with E-state index in [2.05, 4.69) is 99.1 Å². The third-order valence-corrected chi connectivity index (χ3v) is 7.96. The summed E-state index contributed by atoms with van der Waals surface area (Å²) < 4.78 is 2.10. The highest BCUT2D eigenvalue weighted by Crippen LogP contribution is 2.49. The predicted octanol–water partition coefficient (Wildman–Crippen LogP) is 7.85. The molecule has 1 unspecified atom stereocenters. The number of nitriles is 1. The van der Waals surface area contributed by atoms with Crippen LogP contribution in [-0.2, 0) is 12.0 Å².